The Balaban J connectivity index is 1.09. The Labute approximate surface area is 286 Å². The van der Waals surface area contributed by atoms with Crippen molar-refractivity contribution in [3.05, 3.63) is 98.5 Å². The van der Waals surface area contributed by atoms with Crippen molar-refractivity contribution in [3.63, 3.8) is 0 Å². The van der Waals surface area contributed by atoms with Crippen LogP contribution in [0.2, 0.25) is 10.0 Å². The molecule has 3 fully saturated rings. The predicted octanol–water partition coefficient (Wildman–Crippen LogP) is 6.81. The molecule has 2 bridgehead atoms. The topological polar surface area (TPSA) is 82.2 Å². The number of hydrogen-bond donors (Lipinski definition) is 1. The molecule has 3 aliphatic rings. The summed E-state index contributed by atoms with van der Waals surface area (Å²) in [5.41, 5.74) is 5.59. The van der Waals surface area contributed by atoms with Crippen LogP contribution in [0.5, 0.6) is 0 Å². The van der Waals surface area contributed by atoms with Crippen LogP contribution < -0.4 is 5.32 Å². The fourth-order valence-corrected chi connectivity index (χ4v) is 7.86. The first-order chi connectivity index (χ1) is 22.5. The number of nitrogens with zero attached hydrogens (tertiary/aromatic N) is 3. The number of piperidine rings is 1. The molecule has 0 spiro atoms. The van der Waals surface area contributed by atoms with Gasteiger partial charge < -0.3 is 19.9 Å². The van der Waals surface area contributed by atoms with Gasteiger partial charge in [0, 0.05) is 56.4 Å². The number of fused-ring (bicyclic) bond motifs is 2. The van der Waals surface area contributed by atoms with Crippen LogP contribution in [-0.2, 0) is 20.9 Å². The molecule has 3 aromatic rings. The highest BCUT2D eigenvalue weighted by Gasteiger charge is 2.41. The predicted molar refractivity (Wildman–Crippen MR) is 185 cm³/mol. The molecule has 3 aliphatic heterocycles. The van der Waals surface area contributed by atoms with Crippen LogP contribution in [0, 0.1) is 13.8 Å². The van der Waals surface area contributed by atoms with Gasteiger partial charge in [-0.15, -0.1) is 0 Å². The van der Waals surface area contributed by atoms with E-state index in [0.29, 0.717) is 47.3 Å². The van der Waals surface area contributed by atoms with E-state index >= 15 is 0 Å². The Kier molecular flexibility index (Phi) is 10.2. The molecule has 3 atom stereocenters. The molecular weight excluding hydrogens is 635 g/mol. The monoisotopic (exact) mass is 676 g/mol. The van der Waals surface area contributed by atoms with Gasteiger partial charge >= 0.3 is 0 Å². The second-order valence-electron chi connectivity index (χ2n) is 13.2. The summed E-state index contributed by atoms with van der Waals surface area (Å²) >= 11 is 12.6. The zero-order chi connectivity index (χ0) is 33.2. The van der Waals surface area contributed by atoms with Crippen molar-refractivity contribution >= 4 is 46.6 Å². The van der Waals surface area contributed by atoms with E-state index in [1.54, 1.807) is 12.1 Å². The maximum absolute atomic E-state index is 13.8. The summed E-state index contributed by atoms with van der Waals surface area (Å²) in [7, 11) is 0. The molecule has 3 aromatic carbocycles. The van der Waals surface area contributed by atoms with E-state index < -0.39 is 0 Å². The highest BCUT2D eigenvalue weighted by atomic mass is 35.5. The molecule has 8 nitrogen and oxygen atoms in total. The fraction of sp³-hybridized carbons (Fsp3) is 0.432. The van der Waals surface area contributed by atoms with Crippen molar-refractivity contribution in [3.8, 4) is 0 Å². The second kappa shape index (κ2) is 14.4. The van der Waals surface area contributed by atoms with E-state index in [0.717, 1.165) is 54.6 Å². The summed E-state index contributed by atoms with van der Waals surface area (Å²) < 4.78 is 6.34. The highest BCUT2D eigenvalue weighted by molar-refractivity contribution is 6.42. The fourth-order valence-electron chi connectivity index (χ4n) is 7.55. The third-order valence-electron chi connectivity index (χ3n) is 9.71. The molecule has 6 rings (SSSR count). The minimum Gasteiger partial charge on any atom is -0.368 e. The van der Waals surface area contributed by atoms with Crippen molar-refractivity contribution < 1.29 is 19.1 Å². The van der Waals surface area contributed by atoms with Crippen LogP contribution in [-0.4, -0.2) is 76.9 Å². The molecule has 10 heteroatoms. The first-order valence-electron chi connectivity index (χ1n) is 16.4. The molecule has 0 aliphatic carbocycles. The quantitative estimate of drug-likeness (QED) is 0.284. The normalized spacial score (nSPS) is 22.7. The molecule has 3 heterocycles. The van der Waals surface area contributed by atoms with Crippen LogP contribution in [0.4, 0.5) is 5.69 Å². The number of rotatable bonds is 8. The number of nitrogens with one attached hydrogen (secondary N) is 1. The molecule has 47 heavy (non-hydrogen) atoms. The zero-order valence-electron chi connectivity index (χ0n) is 27.2. The number of carbonyl (C=O) groups excluding carboxylic acids is 3. The van der Waals surface area contributed by atoms with Gasteiger partial charge in [0.05, 0.1) is 22.2 Å². The molecular formula is C37H42Cl2N4O4. The van der Waals surface area contributed by atoms with Crippen molar-refractivity contribution in [2.24, 2.45) is 0 Å². The van der Waals surface area contributed by atoms with Crippen LogP contribution in [0.15, 0.2) is 60.7 Å². The molecule has 0 radical (unpaired) electrons. The lowest BCUT2D eigenvalue weighted by Gasteiger charge is -2.42. The summed E-state index contributed by atoms with van der Waals surface area (Å²) in [4.78, 5) is 45.0. The van der Waals surface area contributed by atoms with Crippen LogP contribution in [0.3, 0.4) is 0 Å². The highest BCUT2D eigenvalue weighted by Crippen LogP contribution is 2.38. The van der Waals surface area contributed by atoms with E-state index in [9.17, 15) is 14.4 Å². The van der Waals surface area contributed by atoms with Gasteiger partial charge in [-0.1, -0.05) is 58.6 Å². The van der Waals surface area contributed by atoms with E-state index in [1.807, 2.05) is 54.0 Å². The number of ether oxygens (including phenoxy) is 1. The van der Waals surface area contributed by atoms with Crippen LogP contribution in [0.1, 0.15) is 71.3 Å². The first-order valence-corrected chi connectivity index (χ1v) is 17.2. The molecule has 1 N–H and O–H groups in total. The van der Waals surface area contributed by atoms with Gasteiger partial charge in [-0.05, 0) is 87.1 Å². The number of anilines is 1. The summed E-state index contributed by atoms with van der Waals surface area (Å²) in [5.74, 6) is -0.212. The number of carbonyl (C=O) groups is 3. The van der Waals surface area contributed by atoms with Crippen molar-refractivity contribution in [1.82, 2.24) is 14.7 Å². The summed E-state index contributed by atoms with van der Waals surface area (Å²) in [5, 5.41) is 3.68. The van der Waals surface area contributed by atoms with Gasteiger partial charge in [0.2, 0.25) is 11.8 Å². The third kappa shape index (κ3) is 7.83. The van der Waals surface area contributed by atoms with Gasteiger partial charge in [0.1, 0.15) is 6.61 Å². The molecule has 0 saturated carbocycles. The average molecular weight is 678 g/mol. The lowest BCUT2D eigenvalue weighted by molar-refractivity contribution is -0.144. The molecule has 3 saturated heterocycles. The SMILES string of the molecule is CC(=O)Nc1ccc(CN2C3CCC2CC(OCC(=O)N2CCN(C(=O)c4cc(C)cc(C)c4)C[C@@H]2c2ccc(Cl)c(Cl)c2)C3)cc1. The van der Waals surface area contributed by atoms with Crippen molar-refractivity contribution in [2.75, 3.05) is 31.6 Å². The zero-order valence-corrected chi connectivity index (χ0v) is 28.7. The third-order valence-corrected chi connectivity index (χ3v) is 10.4. The lowest BCUT2D eigenvalue weighted by atomic mass is 9.98. The Morgan fingerprint density at radius 1 is 0.872 bits per heavy atom. The maximum atomic E-state index is 13.8. The van der Waals surface area contributed by atoms with Crippen molar-refractivity contribution in [1.29, 1.82) is 0 Å². The number of amides is 3. The summed E-state index contributed by atoms with van der Waals surface area (Å²) in [6, 6.07) is 19.8. The van der Waals surface area contributed by atoms with E-state index in [-0.39, 0.29) is 36.5 Å². The Hall–Kier alpha value is -3.43. The van der Waals surface area contributed by atoms with Crippen molar-refractivity contribution in [2.45, 2.75) is 77.2 Å². The number of halogens is 2. The number of piperazine rings is 1. The minimum atomic E-state index is -0.375. The number of benzene rings is 3. The first kappa shape index (κ1) is 33.5. The molecule has 248 valence electrons. The van der Waals surface area contributed by atoms with Crippen LogP contribution in [0.25, 0.3) is 0 Å². The van der Waals surface area contributed by atoms with Crippen LogP contribution >= 0.6 is 23.2 Å². The van der Waals surface area contributed by atoms with E-state index in [1.165, 1.54) is 12.5 Å². The van der Waals surface area contributed by atoms with Gasteiger partial charge in [-0.3, -0.25) is 19.3 Å². The Morgan fingerprint density at radius 2 is 1.55 bits per heavy atom. The lowest BCUT2D eigenvalue weighted by Crippen LogP contribution is -2.53. The smallest absolute Gasteiger partial charge is 0.254 e. The van der Waals surface area contributed by atoms with Gasteiger partial charge in [0.25, 0.3) is 5.91 Å². The Morgan fingerprint density at radius 3 is 2.19 bits per heavy atom. The molecule has 2 unspecified atom stereocenters. The van der Waals surface area contributed by atoms with Gasteiger partial charge in [-0.25, -0.2) is 0 Å². The number of hydrogen-bond acceptors (Lipinski definition) is 5. The molecule has 0 aromatic heterocycles. The summed E-state index contributed by atoms with van der Waals surface area (Å²) in [6.07, 6.45) is 4.05. The van der Waals surface area contributed by atoms with E-state index in [4.69, 9.17) is 27.9 Å². The van der Waals surface area contributed by atoms with Gasteiger partial charge in [-0.2, -0.15) is 0 Å². The number of aryl methyl sites for hydroxylation is 2. The minimum absolute atomic E-state index is 0.00242. The van der Waals surface area contributed by atoms with Gasteiger partial charge in [0.15, 0.2) is 0 Å². The summed E-state index contributed by atoms with van der Waals surface area (Å²) in [6.45, 7) is 7.53. The maximum Gasteiger partial charge on any atom is 0.254 e. The largest absolute Gasteiger partial charge is 0.368 e. The second-order valence-corrected chi connectivity index (χ2v) is 14.1. The standard InChI is InChI=1S/C37H42Cl2N4O4/c1-23-14-24(2)16-28(15-23)37(46)41-12-13-42(35(21-41)27-6-11-33(38)34(39)17-27)36(45)22-47-32-18-30-9-10-31(19-32)43(30)20-26-4-7-29(8-5-26)40-25(3)44/h4-8,11,14-17,30-32,35H,9-10,12-13,18-22H2,1-3H3,(H,40,44)/t30?,31?,32?,35-/m1/s1. The average Bonchev–Trinajstić information content (AvgIpc) is 3.26. The molecule has 3 amide bonds. The Bertz CT molecular complexity index is 1610. The van der Waals surface area contributed by atoms with E-state index in [2.05, 4.69) is 28.4 Å².